The average Bonchev–Trinajstić information content (AvgIpc) is 2.44. The van der Waals surface area contributed by atoms with Crippen LogP contribution in [-0.2, 0) is 16.6 Å². The fourth-order valence-corrected chi connectivity index (χ4v) is 4.20. The standard InChI is InChI=1S/C13H20ClNO3S2/c1-10(6-7-19-3)15(2)20(17,18)13-8-11(9-16)4-5-12(13)14/h4-5,8,10,16H,6-7,9H2,1-3H3. The van der Waals surface area contributed by atoms with Crippen molar-refractivity contribution in [2.45, 2.75) is 30.9 Å². The summed E-state index contributed by atoms with van der Waals surface area (Å²) in [6, 6.07) is 4.43. The van der Waals surface area contributed by atoms with Gasteiger partial charge >= 0.3 is 0 Å². The van der Waals surface area contributed by atoms with Gasteiger partial charge < -0.3 is 5.11 Å². The molecule has 0 aliphatic carbocycles. The molecule has 1 unspecified atom stereocenters. The van der Waals surface area contributed by atoms with Crippen molar-refractivity contribution < 1.29 is 13.5 Å². The lowest BCUT2D eigenvalue weighted by Crippen LogP contribution is -2.35. The van der Waals surface area contributed by atoms with Gasteiger partial charge in [-0.05, 0) is 43.0 Å². The largest absolute Gasteiger partial charge is 0.392 e. The summed E-state index contributed by atoms with van der Waals surface area (Å²) < 4.78 is 26.5. The van der Waals surface area contributed by atoms with Crippen molar-refractivity contribution in [3.8, 4) is 0 Å². The summed E-state index contributed by atoms with van der Waals surface area (Å²) in [5.41, 5.74) is 0.526. The third-order valence-corrected chi connectivity index (χ3v) is 6.29. The molecule has 0 heterocycles. The molecule has 0 fully saturated rings. The molecule has 0 radical (unpaired) electrons. The Kier molecular flexibility index (Phi) is 6.81. The van der Waals surface area contributed by atoms with Crippen LogP contribution in [0.25, 0.3) is 0 Å². The maximum Gasteiger partial charge on any atom is 0.244 e. The van der Waals surface area contributed by atoms with Gasteiger partial charge in [-0.25, -0.2) is 8.42 Å². The van der Waals surface area contributed by atoms with E-state index in [1.165, 1.54) is 16.4 Å². The lowest BCUT2D eigenvalue weighted by atomic mass is 10.2. The summed E-state index contributed by atoms with van der Waals surface area (Å²) in [5.74, 6) is 0.894. The highest BCUT2D eigenvalue weighted by Crippen LogP contribution is 2.27. The van der Waals surface area contributed by atoms with Gasteiger partial charge in [0.25, 0.3) is 0 Å². The minimum atomic E-state index is -3.65. The highest BCUT2D eigenvalue weighted by Gasteiger charge is 2.27. The Morgan fingerprint density at radius 3 is 2.65 bits per heavy atom. The highest BCUT2D eigenvalue weighted by atomic mass is 35.5. The molecule has 20 heavy (non-hydrogen) atoms. The van der Waals surface area contributed by atoms with Gasteiger partial charge in [0.2, 0.25) is 10.0 Å². The van der Waals surface area contributed by atoms with Crippen molar-refractivity contribution in [1.29, 1.82) is 0 Å². The van der Waals surface area contributed by atoms with Crippen molar-refractivity contribution in [2.24, 2.45) is 0 Å². The van der Waals surface area contributed by atoms with Crippen LogP contribution in [0.5, 0.6) is 0 Å². The molecule has 0 aliphatic heterocycles. The predicted octanol–water partition coefficient (Wildman–Crippen LogP) is 2.59. The van der Waals surface area contributed by atoms with Gasteiger partial charge in [-0.1, -0.05) is 17.7 Å². The third kappa shape index (κ3) is 4.11. The Bertz CT molecular complexity index is 549. The molecule has 0 aliphatic rings. The van der Waals surface area contributed by atoms with E-state index in [1.54, 1.807) is 24.9 Å². The van der Waals surface area contributed by atoms with Gasteiger partial charge in [-0.2, -0.15) is 16.1 Å². The first-order valence-corrected chi connectivity index (χ1v) is 9.42. The molecular formula is C13H20ClNO3S2. The van der Waals surface area contributed by atoms with E-state index >= 15 is 0 Å². The van der Waals surface area contributed by atoms with Gasteiger partial charge in [0.15, 0.2) is 0 Å². The second-order valence-corrected chi connectivity index (χ2v) is 7.93. The molecular weight excluding hydrogens is 318 g/mol. The molecule has 1 atom stereocenters. The number of sulfonamides is 1. The molecule has 1 aromatic carbocycles. The number of nitrogens with zero attached hydrogens (tertiary/aromatic N) is 1. The molecule has 1 aromatic rings. The number of rotatable bonds is 7. The molecule has 0 amide bonds. The quantitative estimate of drug-likeness (QED) is 0.831. The van der Waals surface area contributed by atoms with E-state index in [-0.39, 0.29) is 22.6 Å². The van der Waals surface area contributed by atoms with Crippen LogP contribution < -0.4 is 0 Å². The Hall–Kier alpha value is -0.270. The van der Waals surface area contributed by atoms with Crippen molar-refractivity contribution in [3.63, 3.8) is 0 Å². The van der Waals surface area contributed by atoms with Crippen LogP contribution >= 0.6 is 23.4 Å². The molecule has 1 rings (SSSR count). The van der Waals surface area contributed by atoms with Crippen LogP contribution in [0.1, 0.15) is 18.9 Å². The number of thioether (sulfide) groups is 1. The van der Waals surface area contributed by atoms with E-state index in [0.717, 1.165) is 12.2 Å². The van der Waals surface area contributed by atoms with Crippen LogP contribution in [0.2, 0.25) is 5.02 Å². The third-order valence-electron chi connectivity index (χ3n) is 3.20. The summed E-state index contributed by atoms with van der Waals surface area (Å²) in [6.45, 7) is 1.66. The topological polar surface area (TPSA) is 57.6 Å². The zero-order chi connectivity index (χ0) is 15.3. The summed E-state index contributed by atoms with van der Waals surface area (Å²) in [4.78, 5) is 0.0456. The number of aliphatic hydroxyl groups is 1. The molecule has 0 bridgehead atoms. The second-order valence-electron chi connectivity index (χ2n) is 4.57. The van der Waals surface area contributed by atoms with Gasteiger partial charge in [0.05, 0.1) is 11.6 Å². The number of benzene rings is 1. The summed E-state index contributed by atoms with van der Waals surface area (Å²) in [7, 11) is -2.09. The molecule has 4 nitrogen and oxygen atoms in total. The van der Waals surface area contributed by atoms with Crippen LogP contribution in [0.3, 0.4) is 0 Å². The molecule has 7 heteroatoms. The maximum absolute atomic E-state index is 12.6. The van der Waals surface area contributed by atoms with E-state index in [9.17, 15) is 8.42 Å². The van der Waals surface area contributed by atoms with Crippen molar-refractivity contribution in [2.75, 3.05) is 19.1 Å². The lowest BCUT2D eigenvalue weighted by Gasteiger charge is -2.24. The second kappa shape index (κ2) is 7.66. The van der Waals surface area contributed by atoms with Crippen molar-refractivity contribution in [1.82, 2.24) is 4.31 Å². The molecule has 1 N–H and O–H groups in total. The van der Waals surface area contributed by atoms with E-state index in [2.05, 4.69) is 0 Å². The number of halogens is 1. The maximum atomic E-state index is 12.6. The number of hydrogen-bond donors (Lipinski definition) is 1. The molecule has 0 saturated carbocycles. The van der Waals surface area contributed by atoms with Crippen molar-refractivity contribution in [3.05, 3.63) is 28.8 Å². The zero-order valence-electron chi connectivity index (χ0n) is 11.8. The normalized spacial score (nSPS) is 13.7. The average molecular weight is 338 g/mol. The highest BCUT2D eigenvalue weighted by molar-refractivity contribution is 7.98. The predicted molar refractivity (Wildman–Crippen MR) is 84.8 cm³/mol. The molecule has 0 aromatic heterocycles. The fourth-order valence-electron chi connectivity index (χ4n) is 1.71. The smallest absolute Gasteiger partial charge is 0.244 e. The lowest BCUT2D eigenvalue weighted by molar-refractivity contribution is 0.281. The fraction of sp³-hybridized carbons (Fsp3) is 0.538. The molecule has 0 spiro atoms. The summed E-state index contributed by atoms with van der Waals surface area (Å²) in [5, 5.41) is 9.30. The summed E-state index contributed by atoms with van der Waals surface area (Å²) >= 11 is 7.68. The van der Waals surface area contributed by atoms with E-state index in [4.69, 9.17) is 16.7 Å². The van der Waals surface area contributed by atoms with Crippen LogP contribution in [0, 0.1) is 0 Å². The van der Waals surface area contributed by atoms with E-state index in [1.807, 2.05) is 13.2 Å². The molecule has 0 saturated heterocycles. The number of aliphatic hydroxyl groups excluding tert-OH is 1. The van der Waals surface area contributed by atoms with Gasteiger partial charge in [0.1, 0.15) is 4.90 Å². The Morgan fingerprint density at radius 2 is 2.10 bits per heavy atom. The van der Waals surface area contributed by atoms with Gasteiger partial charge in [-0.15, -0.1) is 0 Å². The monoisotopic (exact) mass is 337 g/mol. The van der Waals surface area contributed by atoms with E-state index < -0.39 is 10.0 Å². The molecule has 114 valence electrons. The first-order valence-electron chi connectivity index (χ1n) is 6.20. The minimum Gasteiger partial charge on any atom is -0.392 e. The van der Waals surface area contributed by atoms with Crippen LogP contribution in [0.4, 0.5) is 0 Å². The van der Waals surface area contributed by atoms with Crippen LogP contribution in [0.15, 0.2) is 23.1 Å². The van der Waals surface area contributed by atoms with Crippen LogP contribution in [-0.4, -0.2) is 42.9 Å². The number of hydrogen-bond acceptors (Lipinski definition) is 4. The Morgan fingerprint density at radius 1 is 1.45 bits per heavy atom. The van der Waals surface area contributed by atoms with Gasteiger partial charge in [0, 0.05) is 13.1 Å². The Labute approximate surface area is 130 Å². The Balaban J connectivity index is 3.09. The first kappa shape index (κ1) is 17.8. The minimum absolute atomic E-state index is 0.0456. The van der Waals surface area contributed by atoms with Gasteiger partial charge in [-0.3, -0.25) is 0 Å². The first-order chi connectivity index (χ1) is 9.34. The van der Waals surface area contributed by atoms with E-state index in [0.29, 0.717) is 5.56 Å². The zero-order valence-corrected chi connectivity index (χ0v) is 14.2. The summed E-state index contributed by atoms with van der Waals surface area (Å²) in [6.07, 6.45) is 2.76. The van der Waals surface area contributed by atoms with Crippen molar-refractivity contribution >= 4 is 33.4 Å². The SMILES string of the molecule is CSCCC(C)N(C)S(=O)(=O)c1cc(CO)ccc1Cl.